The molecule has 1 aromatic carbocycles. The normalized spacial score (nSPS) is 7.50. The number of rotatable bonds is 1. The van der Waals surface area contributed by atoms with Crippen molar-refractivity contribution >= 4 is 49.7 Å². The molecule has 0 aromatic heterocycles. The first-order chi connectivity index (χ1) is 6.04. The second-order valence-electron chi connectivity index (χ2n) is 2.15. The maximum absolute atomic E-state index is 10.1. The number of carbonyl (C=O) groups excluding carboxylic acids is 2. The van der Waals surface area contributed by atoms with E-state index in [2.05, 4.69) is 0 Å². The van der Waals surface area contributed by atoms with Gasteiger partial charge in [-0.1, -0.05) is 30.3 Å². The van der Waals surface area contributed by atoms with Gasteiger partial charge in [-0.15, -0.1) is 0 Å². The summed E-state index contributed by atoms with van der Waals surface area (Å²) in [6.07, 6.45) is 0. The largest absolute Gasteiger partial charge is 2.00 e. The van der Waals surface area contributed by atoms with Crippen molar-refractivity contribution < 1.29 is 19.8 Å². The molecule has 0 atom stereocenters. The molecule has 0 aliphatic rings. The van der Waals surface area contributed by atoms with E-state index in [1.165, 1.54) is 12.1 Å². The molecule has 1 aromatic rings. The van der Waals surface area contributed by atoms with Gasteiger partial charge in [0.25, 0.3) is 0 Å². The van der Waals surface area contributed by atoms with Gasteiger partial charge in [0.1, 0.15) is 0 Å². The van der Waals surface area contributed by atoms with Crippen molar-refractivity contribution in [2.24, 2.45) is 0 Å². The van der Waals surface area contributed by atoms with E-state index in [1.807, 2.05) is 0 Å². The van der Waals surface area contributed by atoms with Crippen LogP contribution in [0, 0.1) is 0 Å². The summed E-state index contributed by atoms with van der Waals surface area (Å²) < 4.78 is 0. The molecule has 0 radical (unpaired) electrons. The van der Waals surface area contributed by atoms with Gasteiger partial charge < -0.3 is 19.8 Å². The van der Waals surface area contributed by atoms with Crippen LogP contribution in [-0.4, -0.2) is 49.7 Å². The predicted molar refractivity (Wildman–Crippen MR) is 47.2 cm³/mol. The first-order valence-corrected chi connectivity index (χ1v) is 3.48. The summed E-state index contributed by atoms with van der Waals surface area (Å²) in [6, 6.07) is 8.06. The summed E-state index contributed by atoms with van der Waals surface area (Å²) in [4.78, 5) is 19.0. The van der Waals surface area contributed by atoms with Crippen molar-refractivity contribution in [3.63, 3.8) is 0 Å². The molecule has 0 unspecified atom stereocenters. The van der Waals surface area contributed by atoms with E-state index in [1.54, 1.807) is 18.2 Å². The van der Waals surface area contributed by atoms with Crippen LogP contribution in [-0.2, 0) is 4.79 Å². The molecule has 0 bridgehead atoms. The Bertz CT molecular complexity index is 280. The maximum atomic E-state index is 10.1. The minimum Gasteiger partial charge on any atom is -0.550 e. The monoisotopic (exact) mass is 220 g/mol. The SMILES string of the molecule is CC(=O)[O-].O=C([O-])c1ccccc1.[Ca+2]. The van der Waals surface area contributed by atoms with E-state index >= 15 is 0 Å². The Morgan fingerprint density at radius 3 is 1.64 bits per heavy atom. The van der Waals surface area contributed by atoms with E-state index in [0.29, 0.717) is 0 Å². The zero-order valence-electron chi connectivity index (χ0n) is 7.73. The van der Waals surface area contributed by atoms with Gasteiger partial charge in [-0.25, -0.2) is 0 Å². The van der Waals surface area contributed by atoms with Crippen molar-refractivity contribution in [1.82, 2.24) is 0 Å². The van der Waals surface area contributed by atoms with Crippen molar-refractivity contribution in [3.05, 3.63) is 35.9 Å². The van der Waals surface area contributed by atoms with E-state index in [0.717, 1.165) is 6.92 Å². The minimum absolute atomic E-state index is 0. The fourth-order valence-electron chi connectivity index (χ4n) is 0.574. The number of hydrogen-bond donors (Lipinski definition) is 0. The van der Waals surface area contributed by atoms with Gasteiger partial charge in [0.15, 0.2) is 0 Å². The van der Waals surface area contributed by atoms with Crippen LogP contribution in [0.1, 0.15) is 17.3 Å². The predicted octanol–water partition coefficient (Wildman–Crippen LogP) is -1.57. The zero-order chi connectivity index (χ0) is 10.3. The number of carboxylic acids is 2. The molecule has 0 heterocycles. The summed E-state index contributed by atoms with van der Waals surface area (Å²) in [7, 11) is 0. The Kier molecular flexibility index (Phi) is 10.2. The smallest absolute Gasteiger partial charge is 0.550 e. The van der Waals surface area contributed by atoms with Crippen LogP contribution in [0.3, 0.4) is 0 Å². The quantitative estimate of drug-likeness (QED) is 0.535. The average molecular weight is 220 g/mol. The van der Waals surface area contributed by atoms with Gasteiger partial charge in [0.05, 0.1) is 5.97 Å². The molecule has 70 valence electrons. The van der Waals surface area contributed by atoms with Crippen molar-refractivity contribution in [3.8, 4) is 0 Å². The van der Waals surface area contributed by atoms with Crippen molar-refractivity contribution in [2.45, 2.75) is 6.92 Å². The number of hydrogen-bond acceptors (Lipinski definition) is 4. The molecular formula is C9H8CaO4. The van der Waals surface area contributed by atoms with Crippen LogP contribution in [0.5, 0.6) is 0 Å². The first-order valence-electron chi connectivity index (χ1n) is 3.48. The number of carbonyl (C=O) groups is 2. The van der Waals surface area contributed by atoms with Gasteiger partial charge in [0.2, 0.25) is 0 Å². The van der Waals surface area contributed by atoms with Crippen molar-refractivity contribution in [1.29, 1.82) is 0 Å². The van der Waals surface area contributed by atoms with Crippen LogP contribution in [0.4, 0.5) is 0 Å². The summed E-state index contributed by atoms with van der Waals surface area (Å²) >= 11 is 0. The summed E-state index contributed by atoms with van der Waals surface area (Å²) in [5.74, 6) is -2.21. The van der Waals surface area contributed by atoms with E-state index in [9.17, 15) is 9.90 Å². The van der Waals surface area contributed by atoms with Gasteiger partial charge in [-0.2, -0.15) is 0 Å². The Morgan fingerprint density at radius 2 is 1.43 bits per heavy atom. The third-order valence-electron chi connectivity index (χ3n) is 1.01. The summed E-state index contributed by atoms with van der Waals surface area (Å²) in [5, 5.41) is 19.0. The molecule has 14 heavy (non-hydrogen) atoms. The third-order valence-corrected chi connectivity index (χ3v) is 1.01. The number of benzene rings is 1. The summed E-state index contributed by atoms with van der Waals surface area (Å²) in [5.41, 5.74) is 0.220. The Hall–Kier alpha value is -0.580. The van der Waals surface area contributed by atoms with Crippen LogP contribution < -0.4 is 10.2 Å². The van der Waals surface area contributed by atoms with Gasteiger partial charge in [-0.05, 0) is 12.5 Å². The fraction of sp³-hybridized carbons (Fsp3) is 0.111. The Morgan fingerprint density at radius 1 is 1.07 bits per heavy atom. The van der Waals surface area contributed by atoms with E-state index in [-0.39, 0.29) is 43.3 Å². The topological polar surface area (TPSA) is 80.3 Å². The van der Waals surface area contributed by atoms with Crippen LogP contribution >= 0.6 is 0 Å². The standard InChI is InChI=1S/C7H6O2.C2H4O2.Ca/c8-7(9)6-4-2-1-3-5-6;1-2(3)4;/h1-5H,(H,8,9);1H3,(H,3,4);/q;;+2/p-2. The molecule has 0 aliphatic heterocycles. The fourth-order valence-corrected chi connectivity index (χ4v) is 0.574. The van der Waals surface area contributed by atoms with Crippen LogP contribution in [0.25, 0.3) is 0 Å². The third kappa shape index (κ3) is 9.51. The first kappa shape index (κ1) is 15.9. The molecule has 0 amide bonds. The molecular weight excluding hydrogens is 212 g/mol. The number of carboxylic acid groups (broad SMARTS) is 2. The van der Waals surface area contributed by atoms with E-state index < -0.39 is 11.9 Å². The second kappa shape index (κ2) is 8.99. The van der Waals surface area contributed by atoms with E-state index in [4.69, 9.17) is 9.90 Å². The molecule has 0 saturated carbocycles. The molecule has 0 saturated heterocycles. The van der Waals surface area contributed by atoms with Crippen molar-refractivity contribution in [2.75, 3.05) is 0 Å². The molecule has 5 heteroatoms. The number of aliphatic carboxylic acids is 1. The average Bonchev–Trinajstić information content (AvgIpc) is 2.05. The molecule has 0 N–H and O–H groups in total. The van der Waals surface area contributed by atoms with Crippen LogP contribution in [0.15, 0.2) is 30.3 Å². The maximum Gasteiger partial charge on any atom is 2.00 e. The molecule has 0 aliphatic carbocycles. The van der Waals surface area contributed by atoms with Gasteiger partial charge in [0, 0.05) is 5.97 Å². The molecule has 1 rings (SSSR count). The Labute approximate surface area is 112 Å². The summed E-state index contributed by atoms with van der Waals surface area (Å²) in [6.45, 7) is 0.972. The zero-order valence-corrected chi connectivity index (χ0v) is 9.94. The molecule has 0 fully saturated rings. The van der Waals surface area contributed by atoms with Gasteiger partial charge >= 0.3 is 37.7 Å². The van der Waals surface area contributed by atoms with Crippen LogP contribution in [0.2, 0.25) is 0 Å². The second-order valence-corrected chi connectivity index (χ2v) is 2.15. The molecule has 0 spiro atoms. The van der Waals surface area contributed by atoms with Gasteiger partial charge in [-0.3, -0.25) is 0 Å². The minimum atomic E-state index is -1.13. The Balaban J connectivity index is 0. The molecule has 4 nitrogen and oxygen atoms in total. The number of aromatic carboxylic acids is 1.